The predicted octanol–water partition coefficient (Wildman–Crippen LogP) is 3.57. The largest absolute Gasteiger partial charge is 0.468 e. The molecule has 1 N–H and O–H groups in total. The Morgan fingerprint density at radius 1 is 1.00 bits per heavy atom. The highest BCUT2D eigenvalue weighted by atomic mass is 32.2. The SMILES string of the molecule is Cc1ccc(S(=O)(=O)NC[C@H](c2ccco2)N2CCN(c3ccc(F)cc3)CC2)cc1. The van der Waals surface area contributed by atoms with Gasteiger partial charge in [0.2, 0.25) is 10.0 Å². The molecule has 1 atom stereocenters. The maximum absolute atomic E-state index is 13.2. The maximum atomic E-state index is 13.2. The highest BCUT2D eigenvalue weighted by Gasteiger charge is 2.28. The van der Waals surface area contributed by atoms with E-state index >= 15 is 0 Å². The van der Waals surface area contributed by atoms with E-state index in [2.05, 4.69) is 14.5 Å². The van der Waals surface area contributed by atoms with Crippen LogP contribution in [0.15, 0.2) is 76.2 Å². The Labute approximate surface area is 182 Å². The van der Waals surface area contributed by atoms with Gasteiger partial charge in [0.1, 0.15) is 11.6 Å². The number of nitrogens with one attached hydrogen (secondary N) is 1. The van der Waals surface area contributed by atoms with Gasteiger partial charge in [-0.1, -0.05) is 17.7 Å². The number of hydrogen-bond acceptors (Lipinski definition) is 5. The van der Waals surface area contributed by atoms with Gasteiger partial charge in [0.05, 0.1) is 17.2 Å². The minimum Gasteiger partial charge on any atom is -0.468 e. The summed E-state index contributed by atoms with van der Waals surface area (Å²) in [5.41, 5.74) is 1.99. The first-order valence-electron chi connectivity index (χ1n) is 10.3. The van der Waals surface area contributed by atoms with Crippen LogP contribution in [0.25, 0.3) is 0 Å². The third-order valence-electron chi connectivity index (χ3n) is 5.62. The second kappa shape index (κ2) is 9.21. The van der Waals surface area contributed by atoms with E-state index in [0.717, 1.165) is 43.2 Å². The first kappa shape index (κ1) is 21.5. The van der Waals surface area contributed by atoms with Crippen LogP contribution in [0.5, 0.6) is 0 Å². The van der Waals surface area contributed by atoms with Crippen LogP contribution in [0.3, 0.4) is 0 Å². The number of hydrogen-bond donors (Lipinski definition) is 1. The van der Waals surface area contributed by atoms with Crippen molar-refractivity contribution in [2.45, 2.75) is 17.9 Å². The van der Waals surface area contributed by atoms with Crippen LogP contribution in [0.1, 0.15) is 17.4 Å². The first-order valence-corrected chi connectivity index (χ1v) is 11.7. The molecule has 0 amide bonds. The summed E-state index contributed by atoms with van der Waals surface area (Å²) in [6, 6.07) is 16.8. The number of furan rings is 1. The third-order valence-corrected chi connectivity index (χ3v) is 7.06. The molecule has 2 heterocycles. The van der Waals surface area contributed by atoms with Crippen LogP contribution in [0.4, 0.5) is 10.1 Å². The molecule has 0 spiro atoms. The molecule has 8 heteroatoms. The number of piperazine rings is 1. The minimum atomic E-state index is -3.62. The van der Waals surface area contributed by atoms with E-state index in [1.165, 1.54) is 12.1 Å². The minimum absolute atomic E-state index is 0.209. The summed E-state index contributed by atoms with van der Waals surface area (Å²) in [5, 5.41) is 0. The van der Waals surface area contributed by atoms with Crippen molar-refractivity contribution >= 4 is 15.7 Å². The Kier molecular flexibility index (Phi) is 6.41. The van der Waals surface area contributed by atoms with Crippen molar-refractivity contribution < 1.29 is 17.2 Å². The molecular weight excluding hydrogens is 417 g/mol. The van der Waals surface area contributed by atoms with E-state index in [-0.39, 0.29) is 23.3 Å². The zero-order valence-electron chi connectivity index (χ0n) is 17.4. The van der Waals surface area contributed by atoms with Crippen molar-refractivity contribution in [2.75, 3.05) is 37.6 Å². The smallest absolute Gasteiger partial charge is 0.240 e. The lowest BCUT2D eigenvalue weighted by Crippen LogP contribution is -2.49. The van der Waals surface area contributed by atoms with E-state index in [1.54, 1.807) is 42.7 Å². The quantitative estimate of drug-likeness (QED) is 0.605. The van der Waals surface area contributed by atoms with Crippen LogP contribution < -0.4 is 9.62 Å². The molecule has 0 radical (unpaired) electrons. The zero-order chi connectivity index (χ0) is 21.8. The van der Waals surface area contributed by atoms with Gasteiger partial charge in [0, 0.05) is 38.4 Å². The average molecular weight is 444 g/mol. The number of sulfonamides is 1. The van der Waals surface area contributed by atoms with Crippen LogP contribution in [0, 0.1) is 12.7 Å². The van der Waals surface area contributed by atoms with Crippen molar-refractivity contribution in [1.82, 2.24) is 9.62 Å². The highest BCUT2D eigenvalue weighted by molar-refractivity contribution is 7.89. The maximum Gasteiger partial charge on any atom is 0.240 e. The molecule has 1 saturated heterocycles. The van der Waals surface area contributed by atoms with Crippen molar-refractivity contribution in [1.29, 1.82) is 0 Å². The number of halogens is 1. The summed E-state index contributed by atoms with van der Waals surface area (Å²) in [7, 11) is -3.62. The summed E-state index contributed by atoms with van der Waals surface area (Å²) < 4.78 is 47.1. The molecular formula is C23H26FN3O3S. The van der Waals surface area contributed by atoms with Gasteiger partial charge in [-0.15, -0.1) is 0 Å². The molecule has 1 aliphatic rings. The Morgan fingerprint density at radius 2 is 1.68 bits per heavy atom. The van der Waals surface area contributed by atoms with Gasteiger partial charge in [0.25, 0.3) is 0 Å². The van der Waals surface area contributed by atoms with Crippen molar-refractivity contribution in [3.63, 3.8) is 0 Å². The van der Waals surface area contributed by atoms with Crippen molar-refractivity contribution in [2.24, 2.45) is 0 Å². The van der Waals surface area contributed by atoms with E-state index in [1.807, 2.05) is 19.1 Å². The topological polar surface area (TPSA) is 65.8 Å². The van der Waals surface area contributed by atoms with Gasteiger partial charge < -0.3 is 9.32 Å². The lowest BCUT2D eigenvalue weighted by atomic mass is 10.1. The highest BCUT2D eigenvalue weighted by Crippen LogP contribution is 2.25. The molecule has 1 aliphatic heterocycles. The lowest BCUT2D eigenvalue weighted by molar-refractivity contribution is 0.166. The van der Waals surface area contributed by atoms with E-state index < -0.39 is 10.0 Å². The van der Waals surface area contributed by atoms with E-state index in [0.29, 0.717) is 0 Å². The first-order chi connectivity index (χ1) is 14.9. The lowest BCUT2D eigenvalue weighted by Gasteiger charge is -2.39. The molecule has 0 saturated carbocycles. The molecule has 1 aromatic heterocycles. The summed E-state index contributed by atoms with van der Waals surface area (Å²) in [4.78, 5) is 4.67. The summed E-state index contributed by atoms with van der Waals surface area (Å²) in [5.74, 6) is 0.475. The Hall–Kier alpha value is -2.68. The molecule has 2 aromatic carbocycles. The Balaban J connectivity index is 1.44. The van der Waals surface area contributed by atoms with Gasteiger partial charge in [-0.25, -0.2) is 17.5 Å². The van der Waals surface area contributed by atoms with Crippen molar-refractivity contribution in [3.05, 3.63) is 84.1 Å². The third kappa shape index (κ3) is 5.15. The average Bonchev–Trinajstić information content (AvgIpc) is 3.30. The molecule has 4 rings (SSSR count). The molecule has 0 aliphatic carbocycles. The van der Waals surface area contributed by atoms with Crippen LogP contribution in [-0.4, -0.2) is 46.0 Å². The fourth-order valence-corrected chi connectivity index (χ4v) is 4.86. The van der Waals surface area contributed by atoms with Gasteiger partial charge in [-0.3, -0.25) is 4.90 Å². The number of rotatable bonds is 7. The predicted molar refractivity (Wildman–Crippen MR) is 118 cm³/mol. The van der Waals surface area contributed by atoms with Crippen LogP contribution in [0.2, 0.25) is 0 Å². The van der Waals surface area contributed by atoms with E-state index in [4.69, 9.17) is 4.42 Å². The fraction of sp³-hybridized carbons (Fsp3) is 0.304. The van der Waals surface area contributed by atoms with Crippen LogP contribution >= 0.6 is 0 Å². The molecule has 31 heavy (non-hydrogen) atoms. The summed E-state index contributed by atoms with van der Waals surface area (Å²) in [6.45, 7) is 5.10. The normalized spacial score (nSPS) is 16.4. The zero-order valence-corrected chi connectivity index (χ0v) is 18.2. The fourth-order valence-electron chi connectivity index (χ4n) is 3.82. The number of benzene rings is 2. The van der Waals surface area contributed by atoms with Gasteiger partial charge in [0.15, 0.2) is 0 Å². The number of nitrogens with zero attached hydrogens (tertiary/aromatic N) is 2. The molecule has 0 bridgehead atoms. The summed E-state index contributed by atoms with van der Waals surface area (Å²) in [6.07, 6.45) is 1.60. The monoisotopic (exact) mass is 443 g/mol. The molecule has 164 valence electrons. The van der Waals surface area contributed by atoms with E-state index in [9.17, 15) is 12.8 Å². The van der Waals surface area contributed by atoms with Crippen LogP contribution in [-0.2, 0) is 10.0 Å². The van der Waals surface area contributed by atoms with Gasteiger partial charge in [-0.05, 0) is 55.5 Å². The summed E-state index contributed by atoms with van der Waals surface area (Å²) >= 11 is 0. The van der Waals surface area contributed by atoms with Crippen molar-refractivity contribution in [3.8, 4) is 0 Å². The Morgan fingerprint density at radius 3 is 2.29 bits per heavy atom. The number of anilines is 1. The Bertz CT molecular complexity index is 1080. The van der Waals surface area contributed by atoms with Gasteiger partial charge in [-0.2, -0.15) is 0 Å². The molecule has 6 nitrogen and oxygen atoms in total. The van der Waals surface area contributed by atoms with Gasteiger partial charge >= 0.3 is 0 Å². The molecule has 3 aromatic rings. The second-order valence-corrected chi connectivity index (χ2v) is 9.46. The number of aryl methyl sites for hydroxylation is 1. The standard InChI is InChI=1S/C23H26FN3O3S/c1-18-4-10-21(11-5-18)31(28,29)25-17-22(23-3-2-16-30-23)27-14-12-26(13-15-27)20-8-6-19(24)7-9-20/h2-11,16,22,25H,12-15,17H2,1H3/t22-/m1/s1. The second-order valence-electron chi connectivity index (χ2n) is 7.70. The molecule has 0 unspecified atom stereocenters. The molecule has 1 fully saturated rings.